The number of aromatic nitrogens is 1. The van der Waals surface area contributed by atoms with Gasteiger partial charge in [0.2, 0.25) is 0 Å². The van der Waals surface area contributed by atoms with Crippen LogP contribution in [0, 0.1) is 13.8 Å². The molecule has 0 saturated heterocycles. The van der Waals surface area contributed by atoms with Gasteiger partial charge in [-0.3, -0.25) is 4.99 Å². The van der Waals surface area contributed by atoms with Gasteiger partial charge >= 0.3 is 6.18 Å². The molecule has 0 aliphatic carbocycles. The van der Waals surface area contributed by atoms with Crippen molar-refractivity contribution in [2.24, 2.45) is 4.99 Å². The Labute approximate surface area is 149 Å². The van der Waals surface area contributed by atoms with E-state index in [-0.39, 0.29) is 6.54 Å². The lowest BCUT2D eigenvalue weighted by atomic mass is 10.0. The van der Waals surface area contributed by atoms with Crippen molar-refractivity contribution in [1.29, 1.82) is 0 Å². The second-order valence-corrected chi connectivity index (χ2v) is 6.60. The Morgan fingerprint density at radius 1 is 1.24 bits per heavy atom. The Kier molecular flexibility index (Phi) is 6.41. The number of benzene rings is 1. The van der Waals surface area contributed by atoms with Gasteiger partial charge in [-0.1, -0.05) is 23.8 Å². The minimum atomic E-state index is -4.40. The third kappa shape index (κ3) is 5.74. The second kappa shape index (κ2) is 8.33. The Morgan fingerprint density at radius 2 is 2.00 bits per heavy atom. The average Bonchev–Trinajstić information content (AvgIpc) is 3.01. The first-order chi connectivity index (χ1) is 11.8. The molecule has 2 aromatic rings. The van der Waals surface area contributed by atoms with Crippen LogP contribution >= 0.6 is 11.3 Å². The fraction of sp³-hybridized carbons (Fsp3) is 0.412. The van der Waals surface area contributed by atoms with Gasteiger partial charge < -0.3 is 10.6 Å². The summed E-state index contributed by atoms with van der Waals surface area (Å²) in [5.41, 5.74) is 2.87. The van der Waals surface area contributed by atoms with Crippen LogP contribution in [0.2, 0.25) is 0 Å². The number of alkyl halides is 3. The quantitative estimate of drug-likeness (QED) is 0.623. The first-order valence-electron chi connectivity index (χ1n) is 7.82. The van der Waals surface area contributed by atoms with Crippen molar-refractivity contribution in [3.63, 3.8) is 0 Å². The predicted octanol–water partition coefficient (Wildman–Crippen LogP) is 3.69. The molecule has 2 N–H and O–H groups in total. The fourth-order valence-corrected chi connectivity index (χ4v) is 3.08. The van der Waals surface area contributed by atoms with Crippen LogP contribution in [0.25, 0.3) is 0 Å². The van der Waals surface area contributed by atoms with Gasteiger partial charge in [0.15, 0.2) is 11.7 Å². The number of rotatable bonds is 5. The van der Waals surface area contributed by atoms with Crippen LogP contribution in [0.3, 0.4) is 0 Å². The highest BCUT2D eigenvalue weighted by atomic mass is 32.1. The Balaban J connectivity index is 1.82. The highest BCUT2D eigenvalue weighted by molar-refractivity contribution is 7.09. The molecular formula is C17H21F3N4S. The summed E-state index contributed by atoms with van der Waals surface area (Å²) in [4.78, 5) is 7.66. The van der Waals surface area contributed by atoms with E-state index in [1.54, 1.807) is 7.05 Å². The van der Waals surface area contributed by atoms with Gasteiger partial charge in [-0.05, 0) is 31.4 Å². The summed E-state index contributed by atoms with van der Waals surface area (Å²) in [6.45, 7) is 5.01. The molecule has 1 aromatic carbocycles. The number of guanidine groups is 1. The van der Waals surface area contributed by atoms with Crippen LogP contribution in [-0.4, -0.2) is 24.5 Å². The maximum absolute atomic E-state index is 12.5. The van der Waals surface area contributed by atoms with E-state index < -0.39 is 11.9 Å². The number of nitrogens with zero attached hydrogens (tertiary/aromatic N) is 2. The Bertz CT molecular complexity index is 738. The first-order valence-corrected chi connectivity index (χ1v) is 8.70. The number of aliphatic imine (C=N–C) groups is 1. The molecule has 1 heterocycles. The van der Waals surface area contributed by atoms with E-state index in [2.05, 4.69) is 52.7 Å². The monoisotopic (exact) mass is 370 g/mol. The maximum Gasteiger partial charge on any atom is 0.434 e. The van der Waals surface area contributed by atoms with Crippen molar-refractivity contribution in [2.75, 3.05) is 13.6 Å². The van der Waals surface area contributed by atoms with Crippen LogP contribution in [-0.2, 0) is 19.1 Å². The van der Waals surface area contributed by atoms with E-state index in [0.29, 0.717) is 17.5 Å². The molecule has 0 aliphatic heterocycles. The minimum Gasteiger partial charge on any atom is -0.356 e. The van der Waals surface area contributed by atoms with Crippen LogP contribution in [0.15, 0.2) is 28.6 Å². The van der Waals surface area contributed by atoms with E-state index in [9.17, 15) is 13.2 Å². The molecule has 0 fully saturated rings. The van der Waals surface area contributed by atoms with Gasteiger partial charge in [-0.15, -0.1) is 11.3 Å². The third-order valence-electron chi connectivity index (χ3n) is 3.66. The SMILES string of the molecule is CN=C(NCCc1ccc(C)cc1C)NCc1nc(C(F)(F)F)cs1. The summed E-state index contributed by atoms with van der Waals surface area (Å²) in [5.74, 6) is 0.536. The highest BCUT2D eigenvalue weighted by Crippen LogP contribution is 2.29. The summed E-state index contributed by atoms with van der Waals surface area (Å²) in [7, 11) is 1.62. The lowest BCUT2D eigenvalue weighted by Gasteiger charge is -2.12. The fourth-order valence-electron chi connectivity index (χ4n) is 2.34. The predicted molar refractivity (Wildman–Crippen MR) is 94.9 cm³/mol. The van der Waals surface area contributed by atoms with Gasteiger partial charge in [0, 0.05) is 19.0 Å². The Morgan fingerprint density at radius 3 is 2.60 bits per heavy atom. The number of nitrogens with one attached hydrogen (secondary N) is 2. The van der Waals surface area contributed by atoms with Crippen LogP contribution in [0.1, 0.15) is 27.4 Å². The molecule has 25 heavy (non-hydrogen) atoms. The Hall–Kier alpha value is -2.09. The number of aryl methyl sites for hydroxylation is 2. The molecule has 2 rings (SSSR count). The molecular weight excluding hydrogens is 349 g/mol. The number of halogens is 3. The summed E-state index contributed by atoms with van der Waals surface area (Å²) in [5, 5.41) is 7.53. The number of hydrogen-bond acceptors (Lipinski definition) is 3. The molecule has 0 saturated carbocycles. The largest absolute Gasteiger partial charge is 0.434 e. The van der Waals surface area contributed by atoms with Crippen LogP contribution in [0.5, 0.6) is 0 Å². The molecule has 4 nitrogen and oxygen atoms in total. The standard InChI is InChI=1S/C17H21F3N4S/c1-11-4-5-13(12(2)8-11)6-7-22-16(21-3)23-9-15-24-14(10-25-15)17(18,19)20/h4-5,8,10H,6-7,9H2,1-3H3,(H2,21,22,23). The minimum absolute atomic E-state index is 0.198. The average molecular weight is 370 g/mol. The number of hydrogen-bond donors (Lipinski definition) is 2. The van der Waals surface area contributed by atoms with Gasteiger partial charge in [-0.2, -0.15) is 13.2 Å². The lowest BCUT2D eigenvalue weighted by Crippen LogP contribution is -2.37. The molecule has 0 spiro atoms. The van der Waals surface area contributed by atoms with Crippen molar-refractivity contribution >= 4 is 17.3 Å². The second-order valence-electron chi connectivity index (χ2n) is 5.66. The van der Waals surface area contributed by atoms with Crippen molar-refractivity contribution in [3.8, 4) is 0 Å². The smallest absolute Gasteiger partial charge is 0.356 e. The van der Waals surface area contributed by atoms with E-state index in [1.807, 2.05) is 0 Å². The van der Waals surface area contributed by atoms with E-state index in [0.717, 1.165) is 23.1 Å². The molecule has 0 amide bonds. The zero-order valence-corrected chi connectivity index (χ0v) is 15.2. The summed E-state index contributed by atoms with van der Waals surface area (Å²) in [6.07, 6.45) is -3.57. The van der Waals surface area contributed by atoms with Gasteiger partial charge in [0.25, 0.3) is 0 Å². The van der Waals surface area contributed by atoms with Gasteiger partial charge in [0.05, 0.1) is 6.54 Å². The van der Waals surface area contributed by atoms with Crippen LogP contribution < -0.4 is 10.6 Å². The normalized spacial score (nSPS) is 12.3. The zero-order chi connectivity index (χ0) is 18.4. The third-order valence-corrected chi connectivity index (χ3v) is 4.51. The molecule has 0 aliphatic rings. The molecule has 136 valence electrons. The lowest BCUT2D eigenvalue weighted by molar-refractivity contribution is -0.140. The molecule has 1 aromatic heterocycles. The molecule has 0 unspecified atom stereocenters. The first kappa shape index (κ1) is 19.2. The van der Waals surface area contributed by atoms with Crippen molar-refractivity contribution < 1.29 is 13.2 Å². The van der Waals surface area contributed by atoms with E-state index >= 15 is 0 Å². The molecule has 8 heteroatoms. The summed E-state index contributed by atoms with van der Waals surface area (Å²) >= 11 is 0.976. The summed E-state index contributed by atoms with van der Waals surface area (Å²) < 4.78 is 37.6. The molecule has 0 bridgehead atoms. The van der Waals surface area contributed by atoms with Crippen LogP contribution in [0.4, 0.5) is 13.2 Å². The van der Waals surface area contributed by atoms with E-state index in [4.69, 9.17) is 0 Å². The van der Waals surface area contributed by atoms with Gasteiger partial charge in [0.1, 0.15) is 5.01 Å². The maximum atomic E-state index is 12.5. The highest BCUT2D eigenvalue weighted by Gasteiger charge is 2.33. The van der Waals surface area contributed by atoms with E-state index in [1.165, 1.54) is 16.7 Å². The van der Waals surface area contributed by atoms with Crippen molar-refractivity contribution in [3.05, 3.63) is 51.0 Å². The van der Waals surface area contributed by atoms with Crippen molar-refractivity contribution in [1.82, 2.24) is 15.6 Å². The molecule has 0 atom stereocenters. The summed E-state index contributed by atoms with van der Waals surface area (Å²) in [6, 6.07) is 6.33. The zero-order valence-electron chi connectivity index (χ0n) is 14.4. The number of thiazole rings is 1. The topological polar surface area (TPSA) is 49.3 Å². The molecule has 0 radical (unpaired) electrons. The van der Waals surface area contributed by atoms with Gasteiger partial charge in [-0.25, -0.2) is 4.98 Å². The van der Waals surface area contributed by atoms with Crippen molar-refractivity contribution in [2.45, 2.75) is 33.0 Å².